The molecule has 0 atom stereocenters. The number of carbonyl (C=O) groups excluding carboxylic acids is 1. The predicted octanol–water partition coefficient (Wildman–Crippen LogP) is 3.25. The van der Waals surface area contributed by atoms with Gasteiger partial charge in [0.1, 0.15) is 0 Å². The number of nitrogens with two attached hydrogens (primary N) is 1. The van der Waals surface area contributed by atoms with Gasteiger partial charge in [-0.05, 0) is 74.5 Å². The molecule has 1 amide bonds. The van der Waals surface area contributed by atoms with Gasteiger partial charge in [-0.15, -0.1) is 0 Å². The van der Waals surface area contributed by atoms with Crippen LogP contribution in [-0.4, -0.2) is 5.91 Å². The molecule has 4 aliphatic rings. The highest BCUT2D eigenvalue weighted by molar-refractivity contribution is 5.73. The molecule has 4 saturated carbocycles. The van der Waals surface area contributed by atoms with Gasteiger partial charge in [0.15, 0.2) is 0 Å². The molecule has 0 aliphatic heterocycles. The van der Waals surface area contributed by atoms with Gasteiger partial charge in [-0.3, -0.25) is 4.79 Å². The van der Waals surface area contributed by atoms with E-state index < -0.39 is 0 Å². The summed E-state index contributed by atoms with van der Waals surface area (Å²) in [7, 11) is 0. The minimum atomic E-state index is -0.129. The first-order valence-electron chi connectivity index (χ1n) is 7.43. The summed E-state index contributed by atoms with van der Waals surface area (Å²) in [5.74, 6) is 3.03. The molecule has 2 heteroatoms. The Morgan fingerprint density at radius 2 is 1.53 bits per heavy atom. The second-order valence-corrected chi connectivity index (χ2v) is 7.09. The molecule has 4 bridgehead atoms. The highest BCUT2D eigenvalue weighted by Gasteiger charge is 2.50. The van der Waals surface area contributed by atoms with Gasteiger partial charge in [0.2, 0.25) is 5.91 Å². The van der Waals surface area contributed by atoms with Crippen LogP contribution < -0.4 is 5.73 Å². The SMILES string of the molecule is NC(=O)CCCCC12CC3CC(CC(C3)C1)C2. The van der Waals surface area contributed by atoms with Crippen LogP contribution in [-0.2, 0) is 4.79 Å². The molecule has 96 valence electrons. The van der Waals surface area contributed by atoms with Crippen LogP contribution in [0.1, 0.15) is 64.2 Å². The average molecular weight is 235 g/mol. The number of carbonyl (C=O) groups is 1. The van der Waals surface area contributed by atoms with Crippen LogP contribution in [0.3, 0.4) is 0 Å². The first-order chi connectivity index (χ1) is 8.15. The number of primary amides is 1. The molecule has 2 nitrogen and oxygen atoms in total. The summed E-state index contributed by atoms with van der Waals surface area (Å²) in [6, 6.07) is 0. The quantitative estimate of drug-likeness (QED) is 0.730. The van der Waals surface area contributed by atoms with Gasteiger partial charge < -0.3 is 5.73 Å². The van der Waals surface area contributed by atoms with E-state index in [2.05, 4.69) is 0 Å². The number of rotatable bonds is 5. The maximum atomic E-state index is 10.7. The highest BCUT2D eigenvalue weighted by Crippen LogP contribution is 2.61. The van der Waals surface area contributed by atoms with E-state index in [9.17, 15) is 4.79 Å². The number of amides is 1. The topological polar surface area (TPSA) is 43.1 Å². The first-order valence-corrected chi connectivity index (χ1v) is 7.43. The predicted molar refractivity (Wildman–Crippen MR) is 68.3 cm³/mol. The second-order valence-electron chi connectivity index (χ2n) is 7.09. The Morgan fingerprint density at radius 1 is 1.00 bits per heavy atom. The lowest BCUT2D eigenvalue weighted by molar-refractivity contribution is -0.118. The lowest BCUT2D eigenvalue weighted by Gasteiger charge is -2.57. The molecule has 4 rings (SSSR count). The monoisotopic (exact) mass is 235 g/mol. The minimum Gasteiger partial charge on any atom is -0.370 e. The summed E-state index contributed by atoms with van der Waals surface area (Å²) in [6.07, 6.45) is 13.3. The van der Waals surface area contributed by atoms with Crippen molar-refractivity contribution in [1.29, 1.82) is 0 Å². The largest absolute Gasteiger partial charge is 0.370 e. The Bertz CT molecular complexity index is 275. The highest BCUT2D eigenvalue weighted by atomic mass is 16.1. The zero-order chi connectivity index (χ0) is 11.9. The third kappa shape index (κ3) is 2.36. The molecule has 0 heterocycles. The Labute approximate surface area is 104 Å². The molecule has 0 radical (unpaired) electrons. The Kier molecular flexibility index (Phi) is 2.92. The molecule has 0 saturated heterocycles. The molecular formula is C15H25NO. The summed E-state index contributed by atoms with van der Waals surface area (Å²) in [5, 5.41) is 0. The van der Waals surface area contributed by atoms with E-state index in [1.807, 2.05) is 0 Å². The van der Waals surface area contributed by atoms with Crippen LogP contribution in [0.25, 0.3) is 0 Å². The van der Waals surface area contributed by atoms with Gasteiger partial charge in [0.25, 0.3) is 0 Å². The standard InChI is InChI=1S/C15H25NO/c16-14(17)3-1-2-4-15-8-11-5-12(9-15)7-13(6-11)10-15/h11-13H,1-10H2,(H2,16,17). The minimum absolute atomic E-state index is 0.129. The van der Waals surface area contributed by atoms with Crippen molar-refractivity contribution in [2.24, 2.45) is 28.9 Å². The van der Waals surface area contributed by atoms with E-state index in [4.69, 9.17) is 5.73 Å². The fraction of sp³-hybridized carbons (Fsp3) is 0.933. The van der Waals surface area contributed by atoms with E-state index >= 15 is 0 Å². The lowest BCUT2D eigenvalue weighted by Crippen LogP contribution is -2.45. The first kappa shape index (κ1) is 11.6. The maximum Gasteiger partial charge on any atom is 0.217 e. The zero-order valence-electron chi connectivity index (χ0n) is 10.8. The van der Waals surface area contributed by atoms with Gasteiger partial charge in [0.05, 0.1) is 0 Å². The molecule has 2 N–H and O–H groups in total. The van der Waals surface area contributed by atoms with Crippen molar-refractivity contribution in [3.8, 4) is 0 Å². The smallest absolute Gasteiger partial charge is 0.217 e. The van der Waals surface area contributed by atoms with Crippen molar-refractivity contribution in [2.75, 3.05) is 0 Å². The van der Waals surface area contributed by atoms with Crippen molar-refractivity contribution in [1.82, 2.24) is 0 Å². The van der Waals surface area contributed by atoms with Crippen LogP contribution in [0.2, 0.25) is 0 Å². The lowest BCUT2D eigenvalue weighted by atomic mass is 9.48. The number of hydrogen-bond acceptors (Lipinski definition) is 1. The Hall–Kier alpha value is -0.530. The molecule has 4 fully saturated rings. The summed E-state index contributed by atoms with van der Waals surface area (Å²) >= 11 is 0. The van der Waals surface area contributed by atoms with E-state index in [1.165, 1.54) is 51.4 Å². The van der Waals surface area contributed by atoms with E-state index in [0.717, 1.165) is 24.2 Å². The van der Waals surface area contributed by atoms with Crippen LogP contribution >= 0.6 is 0 Å². The normalized spacial score (nSPS) is 42.9. The number of unbranched alkanes of at least 4 members (excludes halogenated alkanes) is 1. The Morgan fingerprint density at radius 3 is 2.00 bits per heavy atom. The second kappa shape index (κ2) is 4.29. The van der Waals surface area contributed by atoms with Gasteiger partial charge in [-0.1, -0.05) is 6.42 Å². The van der Waals surface area contributed by atoms with Crippen LogP contribution in [0, 0.1) is 23.2 Å². The molecular weight excluding hydrogens is 210 g/mol. The summed E-state index contributed by atoms with van der Waals surface area (Å²) < 4.78 is 0. The van der Waals surface area contributed by atoms with E-state index in [0.29, 0.717) is 11.8 Å². The number of hydrogen-bond donors (Lipinski definition) is 1. The summed E-state index contributed by atoms with van der Waals surface area (Å²) in [4.78, 5) is 10.7. The molecule has 0 aromatic heterocycles. The van der Waals surface area contributed by atoms with Gasteiger partial charge >= 0.3 is 0 Å². The van der Waals surface area contributed by atoms with E-state index in [-0.39, 0.29) is 5.91 Å². The average Bonchev–Trinajstić information content (AvgIpc) is 2.22. The molecule has 0 aromatic rings. The van der Waals surface area contributed by atoms with E-state index in [1.54, 1.807) is 0 Å². The zero-order valence-corrected chi connectivity index (χ0v) is 10.8. The van der Waals surface area contributed by atoms with Crippen molar-refractivity contribution < 1.29 is 4.79 Å². The summed E-state index contributed by atoms with van der Waals surface area (Å²) in [6.45, 7) is 0. The molecule has 0 spiro atoms. The van der Waals surface area contributed by atoms with Crippen LogP contribution in [0.4, 0.5) is 0 Å². The summed E-state index contributed by atoms with van der Waals surface area (Å²) in [5.41, 5.74) is 5.89. The fourth-order valence-corrected chi connectivity index (χ4v) is 5.40. The third-order valence-electron chi connectivity index (χ3n) is 5.55. The molecule has 0 aromatic carbocycles. The van der Waals surface area contributed by atoms with Gasteiger partial charge in [0, 0.05) is 6.42 Å². The van der Waals surface area contributed by atoms with Crippen LogP contribution in [0.15, 0.2) is 0 Å². The van der Waals surface area contributed by atoms with Crippen molar-refractivity contribution in [2.45, 2.75) is 64.2 Å². The van der Waals surface area contributed by atoms with Gasteiger partial charge in [-0.2, -0.15) is 0 Å². The maximum absolute atomic E-state index is 10.7. The van der Waals surface area contributed by atoms with Crippen molar-refractivity contribution in [3.63, 3.8) is 0 Å². The molecule has 0 unspecified atom stereocenters. The van der Waals surface area contributed by atoms with Crippen molar-refractivity contribution >= 4 is 5.91 Å². The fourth-order valence-electron chi connectivity index (χ4n) is 5.40. The van der Waals surface area contributed by atoms with Crippen molar-refractivity contribution in [3.05, 3.63) is 0 Å². The van der Waals surface area contributed by atoms with Crippen LogP contribution in [0.5, 0.6) is 0 Å². The molecule has 4 aliphatic carbocycles. The Balaban J connectivity index is 1.53. The molecule has 17 heavy (non-hydrogen) atoms. The van der Waals surface area contributed by atoms with Gasteiger partial charge in [-0.25, -0.2) is 0 Å². The third-order valence-corrected chi connectivity index (χ3v) is 5.55.